The molecule has 120 valence electrons. The normalized spacial score (nSPS) is 17.1. The molecule has 1 aliphatic heterocycles. The van der Waals surface area contributed by atoms with Gasteiger partial charge < -0.3 is 9.16 Å². The minimum absolute atomic E-state index is 0.176. The molecule has 0 unspecified atom stereocenters. The fraction of sp³-hybridized carbons (Fsp3) is 0.474. The number of rotatable bonds is 3. The highest BCUT2D eigenvalue weighted by atomic mass is 28.4. The van der Waals surface area contributed by atoms with Crippen LogP contribution in [0.4, 0.5) is 0 Å². The Labute approximate surface area is 136 Å². The largest absolute Gasteiger partial charge is 0.543 e. The molecule has 0 amide bonds. The maximum absolute atomic E-state index is 6.38. The molecule has 1 aromatic rings. The predicted octanol–water partition coefficient (Wildman–Crippen LogP) is 5.81. The van der Waals surface area contributed by atoms with Crippen LogP contribution in [0.25, 0.3) is 5.57 Å². The molecule has 3 heteroatoms. The van der Waals surface area contributed by atoms with Crippen LogP contribution in [0, 0.1) is 0 Å². The van der Waals surface area contributed by atoms with E-state index in [4.69, 9.17) is 9.16 Å². The first kappa shape index (κ1) is 16.9. The Morgan fingerprint density at radius 1 is 1.23 bits per heavy atom. The number of ether oxygens (including phenoxy) is 1. The average molecular weight is 317 g/mol. The Morgan fingerprint density at radius 2 is 1.86 bits per heavy atom. The van der Waals surface area contributed by atoms with Crippen molar-refractivity contribution in [3.8, 4) is 11.5 Å². The van der Waals surface area contributed by atoms with Gasteiger partial charge in [0, 0.05) is 11.6 Å². The molecular formula is C19H28O2Si. The Bertz CT molecular complexity index is 619. The summed E-state index contributed by atoms with van der Waals surface area (Å²) in [5.41, 5.74) is 1.87. The lowest BCUT2D eigenvalue weighted by atomic mass is 9.95. The van der Waals surface area contributed by atoms with Crippen molar-refractivity contribution in [2.75, 3.05) is 0 Å². The van der Waals surface area contributed by atoms with Gasteiger partial charge in [-0.2, -0.15) is 0 Å². The van der Waals surface area contributed by atoms with E-state index in [-0.39, 0.29) is 10.6 Å². The molecule has 22 heavy (non-hydrogen) atoms. The lowest BCUT2D eigenvalue weighted by Crippen LogP contribution is -2.43. The summed E-state index contributed by atoms with van der Waals surface area (Å²) in [5.74, 6) is 1.77. The second-order valence-electron chi connectivity index (χ2n) is 8.03. The maximum Gasteiger partial charge on any atom is 0.250 e. The number of hydrogen-bond acceptors (Lipinski definition) is 2. The number of benzene rings is 1. The molecule has 0 fully saturated rings. The van der Waals surface area contributed by atoms with Gasteiger partial charge in [0.25, 0.3) is 0 Å². The minimum Gasteiger partial charge on any atom is -0.543 e. The van der Waals surface area contributed by atoms with E-state index in [1.165, 1.54) is 0 Å². The highest BCUT2D eigenvalue weighted by Crippen LogP contribution is 2.41. The first-order valence-corrected chi connectivity index (χ1v) is 10.7. The van der Waals surface area contributed by atoms with Crippen LogP contribution in [-0.2, 0) is 0 Å². The Hall–Kier alpha value is -1.48. The smallest absolute Gasteiger partial charge is 0.250 e. The molecule has 1 heterocycles. The van der Waals surface area contributed by atoms with Crippen molar-refractivity contribution in [2.24, 2.45) is 0 Å². The van der Waals surface area contributed by atoms with Crippen LogP contribution < -0.4 is 9.16 Å². The summed E-state index contributed by atoms with van der Waals surface area (Å²) in [7, 11) is -1.84. The van der Waals surface area contributed by atoms with Gasteiger partial charge in [-0.1, -0.05) is 33.4 Å². The molecule has 0 aliphatic carbocycles. The fourth-order valence-corrected chi connectivity index (χ4v) is 3.29. The third-order valence-electron chi connectivity index (χ3n) is 4.54. The molecule has 1 aromatic carbocycles. The molecule has 0 N–H and O–H groups in total. The molecule has 0 radical (unpaired) electrons. The quantitative estimate of drug-likeness (QED) is 0.655. The zero-order chi connectivity index (χ0) is 16.8. The molecule has 2 nitrogen and oxygen atoms in total. The van der Waals surface area contributed by atoms with Crippen molar-refractivity contribution in [1.29, 1.82) is 0 Å². The van der Waals surface area contributed by atoms with Crippen molar-refractivity contribution in [2.45, 2.75) is 58.4 Å². The second kappa shape index (κ2) is 5.30. The van der Waals surface area contributed by atoms with Crippen molar-refractivity contribution in [3.05, 3.63) is 42.5 Å². The van der Waals surface area contributed by atoms with Crippen molar-refractivity contribution < 1.29 is 9.16 Å². The third-order valence-corrected chi connectivity index (χ3v) is 8.90. The SMILES string of the molecule is C=CC1=CC(C)(C)Oc2cc(O[Si](C)(C)C(C)(C)C)ccc21. The molecule has 2 rings (SSSR count). The van der Waals surface area contributed by atoms with Gasteiger partial charge in [0.2, 0.25) is 8.32 Å². The van der Waals surface area contributed by atoms with E-state index in [2.05, 4.69) is 66.4 Å². The number of hydrogen-bond donors (Lipinski definition) is 0. The fourth-order valence-electron chi connectivity index (χ4n) is 2.27. The van der Waals surface area contributed by atoms with Gasteiger partial charge in [-0.05, 0) is 55.8 Å². The van der Waals surface area contributed by atoms with E-state index in [0.29, 0.717) is 0 Å². The number of allylic oxidation sites excluding steroid dienone is 2. The maximum atomic E-state index is 6.38. The molecule has 0 bridgehead atoms. The van der Waals surface area contributed by atoms with E-state index < -0.39 is 8.32 Å². The highest BCUT2D eigenvalue weighted by molar-refractivity contribution is 6.74. The van der Waals surface area contributed by atoms with Crippen LogP contribution in [0.3, 0.4) is 0 Å². The van der Waals surface area contributed by atoms with E-state index in [1.54, 1.807) is 0 Å². The zero-order valence-corrected chi connectivity index (χ0v) is 15.9. The zero-order valence-electron chi connectivity index (χ0n) is 14.9. The number of fused-ring (bicyclic) bond motifs is 1. The predicted molar refractivity (Wildman–Crippen MR) is 97.1 cm³/mol. The average Bonchev–Trinajstić information content (AvgIpc) is 2.34. The topological polar surface area (TPSA) is 18.5 Å². The van der Waals surface area contributed by atoms with Crippen molar-refractivity contribution in [1.82, 2.24) is 0 Å². The molecule has 0 atom stereocenters. The summed E-state index contributed by atoms with van der Waals surface area (Å²) in [5, 5.41) is 0.176. The van der Waals surface area contributed by atoms with E-state index in [0.717, 1.165) is 22.6 Å². The molecular weight excluding hydrogens is 288 g/mol. The van der Waals surface area contributed by atoms with Gasteiger partial charge in [0.05, 0.1) is 0 Å². The Morgan fingerprint density at radius 3 is 2.41 bits per heavy atom. The third kappa shape index (κ3) is 3.30. The Kier molecular flexibility index (Phi) is 4.07. The lowest BCUT2D eigenvalue weighted by molar-refractivity contribution is 0.158. The minimum atomic E-state index is -1.84. The van der Waals surface area contributed by atoms with Gasteiger partial charge in [0.1, 0.15) is 17.1 Å². The van der Waals surface area contributed by atoms with Gasteiger partial charge in [-0.3, -0.25) is 0 Å². The van der Waals surface area contributed by atoms with Crippen LogP contribution in [0.1, 0.15) is 40.2 Å². The van der Waals surface area contributed by atoms with Crippen molar-refractivity contribution >= 4 is 13.9 Å². The first-order chi connectivity index (χ1) is 9.95. The monoisotopic (exact) mass is 316 g/mol. The lowest BCUT2D eigenvalue weighted by Gasteiger charge is -2.37. The standard InChI is InChI=1S/C19H28O2Si/c1-9-14-13-19(5,6)20-17-12-15(10-11-16(14)17)21-22(7,8)18(2,3)4/h9-13H,1H2,2-8H3. The second-order valence-corrected chi connectivity index (χ2v) is 12.8. The summed E-state index contributed by atoms with van der Waals surface area (Å²) in [6.07, 6.45) is 3.99. The summed E-state index contributed by atoms with van der Waals surface area (Å²) in [4.78, 5) is 0. The van der Waals surface area contributed by atoms with Crippen LogP contribution >= 0.6 is 0 Å². The highest BCUT2D eigenvalue weighted by Gasteiger charge is 2.39. The van der Waals surface area contributed by atoms with E-state index >= 15 is 0 Å². The van der Waals surface area contributed by atoms with Crippen molar-refractivity contribution in [3.63, 3.8) is 0 Å². The summed E-state index contributed by atoms with van der Waals surface area (Å²) in [6.45, 7) is 19.3. The van der Waals surface area contributed by atoms with Crippen LogP contribution in [0.15, 0.2) is 36.9 Å². The molecule has 1 aliphatic rings. The van der Waals surface area contributed by atoms with Gasteiger partial charge in [-0.15, -0.1) is 0 Å². The van der Waals surface area contributed by atoms with Crippen LogP contribution in [0.5, 0.6) is 11.5 Å². The molecule has 0 saturated carbocycles. The van der Waals surface area contributed by atoms with Gasteiger partial charge in [0.15, 0.2) is 0 Å². The molecule has 0 saturated heterocycles. The van der Waals surface area contributed by atoms with E-state index in [1.807, 2.05) is 18.2 Å². The summed E-state index contributed by atoms with van der Waals surface area (Å²) < 4.78 is 12.5. The first-order valence-electron chi connectivity index (χ1n) is 7.83. The van der Waals surface area contributed by atoms with Crippen LogP contribution in [0.2, 0.25) is 18.1 Å². The summed E-state index contributed by atoms with van der Waals surface area (Å²) in [6, 6.07) is 6.13. The van der Waals surface area contributed by atoms with Gasteiger partial charge in [-0.25, -0.2) is 0 Å². The molecule has 0 spiro atoms. The van der Waals surface area contributed by atoms with Crippen LogP contribution in [-0.4, -0.2) is 13.9 Å². The summed E-state index contributed by atoms with van der Waals surface area (Å²) >= 11 is 0. The molecule has 0 aromatic heterocycles. The van der Waals surface area contributed by atoms with Gasteiger partial charge >= 0.3 is 0 Å². The Balaban J connectivity index is 2.38. The van der Waals surface area contributed by atoms with E-state index in [9.17, 15) is 0 Å².